The van der Waals surface area contributed by atoms with Crippen LogP contribution in [0.25, 0.3) is 0 Å². The average molecular weight is 364 g/mol. The first-order valence-electron chi connectivity index (χ1n) is 2.41. The molecule has 1 aromatic rings. The molecule has 10 heavy (non-hydrogen) atoms. The maximum absolute atomic E-state index is 10.7. The molecule has 0 saturated carbocycles. The van der Waals surface area contributed by atoms with E-state index in [1.54, 1.807) is 0 Å². The van der Waals surface area contributed by atoms with Gasteiger partial charge in [0.05, 0.1) is 0 Å². The zero-order valence-electron chi connectivity index (χ0n) is 4.77. The fourth-order valence-electron chi connectivity index (χ4n) is 0.480. The summed E-state index contributed by atoms with van der Waals surface area (Å²) in [5.41, 5.74) is -0.301. The molecule has 56 valence electrons. The average Bonchev–Trinajstić information content (AvgIpc) is 1.95. The molecule has 0 bridgehead atoms. The quantitative estimate of drug-likeness (QED) is 0.435. The standard InChI is InChI=1S/C5H4I2NO2/c6-7-5-1-3(9)4(10)2-8-5/h1-2,10H,(H,8,9)/q-1. The first kappa shape index (κ1) is 8.31. The van der Waals surface area contributed by atoms with E-state index in [0.717, 1.165) is 3.70 Å². The molecule has 1 rings (SSSR count). The fourth-order valence-corrected chi connectivity index (χ4v) is 2.73. The summed E-state index contributed by atoms with van der Waals surface area (Å²) in [5, 5.41) is 8.81. The molecular weight excluding hydrogens is 360 g/mol. The van der Waals surface area contributed by atoms with Crippen LogP contribution in [-0.2, 0) is 0 Å². The van der Waals surface area contributed by atoms with Crippen molar-refractivity contribution < 1.29 is 22.3 Å². The molecule has 0 spiro atoms. The van der Waals surface area contributed by atoms with Gasteiger partial charge in [0.2, 0.25) is 0 Å². The van der Waals surface area contributed by atoms with Gasteiger partial charge in [-0.3, -0.25) is 0 Å². The Bertz CT molecular complexity index is 283. The van der Waals surface area contributed by atoms with Crippen LogP contribution >= 0.6 is 18.6 Å². The fraction of sp³-hybridized carbons (Fsp3) is 0. The van der Waals surface area contributed by atoms with Crippen molar-refractivity contribution in [2.75, 3.05) is 0 Å². The topological polar surface area (TPSA) is 53.1 Å². The number of pyridine rings is 1. The van der Waals surface area contributed by atoms with E-state index in [-0.39, 0.29) is 28.4 Å². The number of aromatic nitrogens is 1. The van der Waals surface area contributed by atoms with Crippen LogP contribution in [0.5, 0.6) is 5.75 Å². The molecule has 0 radical (unpaired) electrons. The van der Waals surface area contributed by atoms with Gasteiger partial charge in [-0.2, -0.15) is 0 Å². The number of hydrogen-bond donors (Lipinski definition) is 2. The van der Waals surface area contributed by atoms with E-state index in [4.69, 9.17) is 5.11 Å². The minimum absolute atomic E-state index is 0.117. The molecule has 0 aliphatic carbocycles. The van der Waals surface area contributed by atoms with Gasteiger partial charge >= 0.3 is 77.9 Å². The number of aromatic hydroxyl groups is 1. The van der Waals surface area contributed by atoms with Gasteiger partial charge in [0.25, 0.3) is 0 Å². The second-order valence-corrected chi connectivity index (χ2v) is 5.91. The summed E-state index contributed by atoms with van der Waals surface area (Å²) < 4.78 is 0.933. The van der Waals surface area contributed by atoms with Crippen molar-refractivity contribution in [1.29, 1.82) is 0 Å². The Labute approximate surface area is 77.3 Å². The predicted octanol–water partition coefficient (Wildman–Crippen LogP) is -2.31. The Morgan fingerprint density at radius 3 is 2.90 bits per heavy atom. The van der Waals surface area contributed by atoms with Gasteiger partial charge in [0, 0.05) is 0 Å². The van der Waals surface area contributed by atoms with Crippen LogP contribution in [0, 0.1) is 3.70 Å². The third kappa shape index (κ3) is 1.84. The van der Waals surface area contributed by atoms with E-state index in [1.165, 1.54) is 12.3 Å². The molecule has 0 fully saturated rings. The van der Waals surface area contributed by atoms with Gasteiger partial charge in [-0.15, -0.1) is 0 Å². The molecule has 3 nitrogen and oxygen atoms in total. The number of hydrogen-bond acceptors (Lipinski definition) is 2. The van der Waals surface area contributed by atoms with Gasteiger partial charge < -0.3 is 0 Å². The van der Waals surface area contributed by atoms with Crippen molar-refractivity contribution in [1.82, 2.24) is 4.98 Å². The molecular formula is C5H4I2NO2-. The molecule has 0 aliphatic heterocycles. The third-order valence-electron chi connectivity index (χ3n) is 0.934. The summed E-state index contributed by atoms with van der Waals surface area (Å²) in [7, 11) is 0. The number of H-pyrrole nitrogens is 1. The number of aromatic amines is 1. The first-order valence-corrected chi connectivity index (χ1v) is 9.78. The Balaban J connectivity index is 3.17. The molecule has 2 N–H and O–H groups in total. The van der Waals surface area contributed by atoms with Gasteiger partial charge in [0.15, 0.2) is 0 Å². The summed E-state index contributed by atoms with van der Waals surface area (Å²) in [6, 6.07) is 1.44. The van der Waals surface area contributed by atoms with E-state index < -0.39 is 0 Å². The van der Waals surface area contributed by atoms with Crippen molar-refractivity contribution in [2.45, 2.75) is 0 Å². The van der Waals surface area contributed by atoms with Crippen molar-refractivity contribution in [3.8, 4) is 5.75 Å². The van der Waals surface area contributed by atoms with Crippen molar-refractivity contribution >= 4 is 18.6 Å². The molecule has 0 aromatic carbocycles. The number of nitrogens with one attached hydrogen (secondary N) is 1. The van der Waals surface area contributed by atoms with E-state index >= 15 is 0 Å². The summed E-state index contributed by atoms with van der Waals surface area (Å²) >= 11 is 2.12. The van der Waals surface area contributed by atoms with Crippen LogP contribution in [0.1, 0.15) is 0 Å². The predicted molar refractivity (Wildman–Crippen MR) is 41.4 cm³/mol. The van der Waals surface area contributed by atoms with Gasteiger partial charge in [-0.05, 0) is 0 Å². The molecule has 0 unspecified atom stereocenters. The Hall–Kier alpha value is 0.210. The molecule has 0 amide bonds. The molecule has 5 heteroatoms. The Morgan fingerprint density at radius 1 is 1.70 bits per heavy atom. The summed E-state index contributed by atoms with van der Waals surface area (Å²) in [6.07, 6.45) is 1.33. The summed E-state index contributed by atoms with van der Waals surface area (Å²) in [6.45, 7) is 0. The van der Waals surface area contributed by atoms with Crippen LogP contribution in [-0.4, -0.2) is 10.1 Å². The maximum atomic E-state index is 10.7. The second-order valence-electron chi connectivity index (χ2n) is 1.60. The zero-order chi connectivity index (χ0) is 7.56. The van der Waals surface area contributed by atoms with Crippen molar-refractivity contribution in [3.05, 3.63) is 26.2 Å². The van der Waals surface area contributed by atoms with E-state index in [1.807, 2.05) is 0 Å². The zero-order valence-corrected chi connectivity index (χ0v) is 9.08. The van der Waals surface area contributed by atoms with Crippen LogP contribution in [0.15, 0.2) is 17.1 Å². The molecule has 1 heterocycles. The van der Waals surface area contributed by atoms with Crippen LogP contribution in [0.2, 0.25) is 0 Å². The second kappa shape index (κ2) is 3.56. The SMILES string of the molecule is O=c1cc([I-]I)[nH]cc1O. The number of rotatable bonds is 1. The Kier molecular flexibility index (Phi) is 2.96. The van der Waals surface area contributed by atoms with Gasteiger partial charge in [0.1, 0.15) is 0 Å². The van der Waals surface area contributed by atoms with Crippen molar-refractivity contribution in [2.24, 2.45) is 0 Å². The van der Waals surface area contributed by atoms with E-state index in [0.29, 0.717) is 0 Å². The third-order valence-corrected chi connectivity index (χ3v) is 4.94. The number of halogens is 2. The normalized spacial score (nSPS) is 10.1. The Morgan fingerprint density at radius 2 is 2.40 bits per heavy atom. The monoisotopic (exact) mass is 364 g/mol. The summed E-state index contributed by atoms with van der Waals surface area (Å²) in [5.74, 6) is -0.211. The van der Waals surface area contributed by atoms with Crippen molar-refractivity contribution in [3.63, 3.8) is 0 Å². The van der Waals surface area contributed by atoms with E-state index in [9.17, 15) is 4.79 Å². The first-order chi connectivity index (χ1) is 4.74. The van der Waals surface area contributed by atoms with Crippen LogP contribution in [0.3, 0.4) is 0 Å². The molecule has 0 saturated heterocycles. The van der Waals surface area contributed by atoms with Gasteiger partial charge in [-0.25, -0.2) is 0 Å². The molecule has 0 aliphatic rings. The molecule has 1 aromatic heterocycles. The van der Waals surface area contributed by atoms with Gasteiger partial charge in [-0.1, -0.05) is 0 Å². The summed E-state index contributed by atoms with van der Waals surface area (Å²) in [4.78, 5) is 13.6. The minimum atomic E-state index is -0.301. The molecule has 0 atom stereocenters. The van der Waals surface area contributed by atoms with Crippen LogP contribution < -0.4 is 22.7 Å². The van der Waals surface area contributed by atoms with Crippen LogP contribution in [0.4, 0.5) is 0 Å². The van der Waals surface area contributed by atoms with E-state index in [2.05, 4.69) is 23.6 Å².